The summed E-state index contributed by atoms with van der Waals surface area (Å²) in [5.74, 6) is 1.86. The number of carbonyl (C=O) groups excluding carboxylic acids is 1. The number of carbonyl (C=O) groups is 1. The third kappa shape index (κ3) is 3.58. The molecular formula is C26H27N3O. The maximum Gasteiger partial charge on any atom is 0.242 e. The van der Waals surface area contributed by atoms with Crippen molar-refractivity contribution < 1.29 is 4.79 Å². The summed E-state index contributed by atoms with van der Waals surface area (Å²) in [7, 11) is 0. The van der Waals surface area contributed by atoms with Crippen LogP contribution >= 0.6 is 0 Å². The summed E-state index contributed by atoms with van der Waals surface area (Å²) in [4.78, 5) is 20.1. The quantitative estimate of drug-likeness (QED) is 0.484. The van der Waals surface area contributed by atoms with Gasteiger partial charge in [0.05, 0.1) is 11.0 Å². The van der Waals surface area contributed by atoms with Gasteiger partial charge in [0, 0.05) is 19.5 Å². The van der Waals surface area contributed by atoms with Gasteiger partial charge in [0.1, 0.15) is 12.4 Å². The van der Waals surface area contributed by atoms with Crippen molar-refractivity contribution in [1.82, 2.24) is 14.5 Å². The molecule has 4 heteroatoms. The van der Waals surface area contributed by atoms with Crippen LogP contribution in [0.4, 0.5) is 0 Å². The highest BCUT2D eigenvalue weighted by molar-refractivity contribution is 5.86. The van der Waals surface area contributed by atoms with Crippen molar-refractivity contribution in [1.29, 1.82) is 0 Å². The standard InChI is InChI=1S/C26H27N3O/c1-19-13-15-28(16-14-19)26(30)18-29-24-12-5-4-11-23(24)27-25(29)17-21-9-6-8-20-7-2-3-10-22(20)21/h2-12,19H,13-18H2,1H3. The SMILES string of the molecule is CC1CCN(C(=O)Cn2c(Cc3cccc4ccccc34)nc3ccccc32)CC1. The fourth-order valence-corrected chi connectivity index (χ4v) is 4.55. The van der Waals surface area contributed by atoms with E-state index >= 15 is 0 Å². The van der Waals surface area contributed by atoms with Gasteiger partial charge in [-0.15, -0.1) is 0 Å². The van der Waals surface area contributed by atoms with Crippen LogP contribution in [-0.2, 0) is 17.8 Å². The molecule has 1 saturated heterocycles. The molecule has 1 aromatic heterocycles. The van der Waals surface area contributed by atoms with Gasteiger partial charge in [-0.05, 0) is 47.2 Å². The molecular weight excluding hydrogens is 370 g/mol. The lowest BCUT2D eigenvalue weighted by molar-refractivity contribution is -0.133. The molecule has 4 aromatic rings. The highest BCUT2D eigenvalue weighted by Gasteiger charge is 2.22. The Hall–Kier alpha value is -3.14. The number of amides is 1. The maximum atomic E-state index is 13.1. The number of fused-ring (bicyclic) bond motifs is 2. The highest BCUT2D eigenvalue weighted by Crippen LogP contribution is 2.24. The first-order valence-electron chi connectivity index (χ1n) is 10.9. The molecule has 0 atom stereocenters. The van der Waals surface area contributed by atoms with E-state index < -0.39 is 0 Å². The van der Waals surface area contributed by atoms with E-state index in [1.54, 1.807) is 0 Å². The first kappa shape index (κ1) is 18.9. The van der Waals surface area contributed by atoms with E-state index in [4.69, 9.17) is 4.98 Å². The third-order valence-corrected chi connectivity index (χ3v) is 6.39. The summed E-state index contributed by atoms with van der Waals surface area (Å²) >= 11 is 0. The smallest absolute Gasteiger partial charge is 0.242 e. The molecule has 0 aliphatic carbocycles. The molecule has 0 bridgehead atoms. The molecule has 0 radical (unpaired) electrons. The normalized spacial score (nSPS) is 15.2. The van der Waals surface area contributed by atoms with E-state index in [1.807, 2.05) is 23.1 Å². The molecule has 0 spiro atoms. The Morgan fingerprint density at radius 1 is 0.967 bits per heavy atom. The van der Waals surface area contributed by atoms with Crippen LogP contribution in [0.3, 0.4) is 0 Å². The van der Waals surface area contributed by atoms with E-state index in [-0.39, 0.29) is 5.91 Å². The zero-order chi connectivity index (χ0) is 20.5. The molecule has 2 heterocycles. The summed E-state index contributed by atoms with van der Waals surface area (Å²) in [5, 5.41) is 2.48. The van der Waals surface area contributed by atoms with E-state index in [2.05, 4.69) is 60.0 Å². The summed E-state index contributed by atoms with van der Waals surface area (Å²) in [6, 6.07) is 23.0. The summed E-state index contributed by atoms with van der Waals surface area (Å²) in [6.07, 6.45) is 2.90. The van der Waals surface area contributed by atoms with Crippen molar-refractivity contribution in [2.75, 3.05) is 13.1 Å². The second-order valence-electron chi connectivity index (χ2n) is 8.48. The maximum absolute atomic E-state index is 13.1. The Bertz CT molecular complexity index is 1200. The fourth-order valence-electron chi connectivity index (χ4n) is 4.55. The monoisotopic (exact) mass is 397 g/mol. The average Bonchev–Trinajstić information content (AvgIpc) is 3.11. The third-order valence-electron chi connectivity index (χ3n) is 6.39. The largest absolute Gasteiger partial charge is 0.341 e. The van der Waals surface area contributed by atoms with Crippen LogP contribution in [0, 0.1) is 5.92 Å². The predicted molar refractivity (Wildman–Crippen MR) is 121 cm³/mol. The lowest BCUT2D eigenvalue weighted by Gasteiger charge is -2.30. The number of hydrogen-bond acceptors (Lipinski definition) is 2. The summed E-state index contributed by atoms with van der Waals surface area (Å²) in [6.45, 7) is 4.36. The molecule has 30 heavy (non-hydrogen) atoms. The van der Waals surface area contributed by atoms with Crippen LogP contribution in [0.1, 0.15) is 31.2 Å². The van der Waals surface area contributed by atoms with Crippen LogP contribution < -0.4 is 0 Å². The zero-order valence-corrected chi connectivity index (χ0v) is 17.4. The van der Waals surface area contributed by atoms with Gasteiger partial charge in [-0.1, -0.05) is 61.5 Å². The molecule has 1 fully saturated rings. The van der Waals surface area contributed by atoms with Crippen LogP contribution in [0.5, 0.6) is 0 Å². The highest BCUT2D eigenvalue weighted by atomic mass is 16.2. The lowest BCUT2D eigenvalue weighted by atomic mass is 9.99. The number of nitrogens with zero attached hydrogens (tertiary/aromatic N) is 3. The molecule has 1 aliphatic rings. The Labute approximate surface area is 177 Å². The molecule has 0 unspecified atom stereocenters. The topological polar surface area (TPSA) is 38.1 Å². The molecule has 3 aromatic carbocycles. The predicted octanol–water partition coefficient (Wildman–Crippen LogP) is 5.04. The number of benzene rings is 3. The first-order chi connectivity index (χ1) is 14.7. The van der Waals surface area contributed by atoms with Gasteiger partial charge in [-0.2, -0.15) is 0 Å². The number of likely N-dealkylation sites (tertiary alicyclic amines) is 1. The number of imidazole rings is 1. The number of piperidine rings is 1. The van der Waals surface area contributed by atoms with Crippen molar-refractivity contribution >= 4 is 27.7 Å². The zero-order valence-electron chi connectivity index (χ0n) is 17.4. The molecule has 5 rings (SSSR count). The van der Waals surface area contributed by atoms with Crippen LogP contribution in [0.25, 0.3) is 21.8 Å². The van der Waals surface area contributed by atoms with Crippen LogP contribution in [-0.4, -0.2) is 33.4 Å². The number of aromatic nitrogens is 2. The van der Waals surface area contributed by atoms with Crippen molar-refractivity contribution in [2.24, 2.45) is 5.92 Å². The Kier molecular flexibility index (Phi) is 4.99. The van der Waals surface area contributed by atoms with E-state index in [0.717, 1.165) is 42.8 Å². The minimum atomic E-state index is 0.198. The van der Waals surface area contributed by atoms with Gasteiger partial charge in [-0.3, -0.25) is 4.79 Å². The number of hydrogen-bond donors (Lipinski definition) is 0. The number of para-hydroxylation sites is 2. The van der Waals surface area contributed by atoms with Crippen LogP contribution in [0.2, 0.25) is 0 Å². The number of rotatable bonds is 4. The van der Waals surface area contributed by atoms with E-state index in [9.17, 15) is 4.79 Å². The molecule has 1 amide bonds. The lowest BCUT2D eigenvalue weighted by Crippen LogP contribution is -2.39. The Morgan fingerprint density at radius 3 is 2.57 bits per heavy atom. The minimum Gasteiger partial charge on any atom is -0.341 e. The minimum absolute atomic E-state index is 0.198. The van der Waals surface area contributed by atoms with Crippen molar-refractivity contribution in [3.63, 3.8) is 0 Å². The Morgan fingerprint density at radius 2 is 1.70 bits per heavy atom. The van der Waals surface area contributed by atoms with Gasteiger partial charge in [0.2, 0.25) is 5.91 Å². The van der Waals surface area contributed by atoms with Gasteiger partial charge in [0.15, 0.2) is 0 Å². The van der Waals surface area contributed by atoms with Crippen molar-refractivity contribution in [3.05, 3.63) is 78.1 Å². The molecule has 0 saturated carbocycles. The second-order valence-corrected chi connectivity index (χ2v) is 8.48. The van der Waals surface area contributed by atoms with Crippen LogP contribution in [0.15, 0.2) is 66.7 Å². The Balaban J connectivity index is 1.50. The second kappa shape index (κ2) is 7.94. The van der Waals surface area contributed by atoms with Gasteiger partial charge < -0.3 is 9.47 Å². The molecule has 152 valence electrons. The van der Waals surface area contributed by atoms with Gasteiger partial charge in [0.25, 0.3) is 0 Å². The summed E-state index contributed by atoms with van der Waals surface area (Å²) < 4.78 is 2.12. The van der Waals surface area contributed by atoms with Gasteiger partial charge in [-0.25, -0.2) is 4.98 Å². The molecule has 0 N–H and O–H groups in total. The average molecular weight is 398 g/mol. The van der Waals surface area contributed by atoms with Crippen molar-refractivity contribution in [2.45, 2.75) is 32.7 Å². The molecule has 4 nitrogen and oxygen atoms in total. The van der Waals surface area contributed by atoms with Crippen molar-refractivity contribution in [3.8, 4) is 0 Å². The molecule has 1 aliphatic heterocycles. The fraction of sp³-hybridized carbons (Fsp3) is 0.308. The van der Waals surface area contributed by atoms with E-state index in [0.29, 0.717) is 18.9 Å². The first-order valence-corrected chi connectivity index (χ1v) is 10.9. The van der Waals surface area contributed by atoms with Gasteiger partial charge >= 0.3 is 0 Å². The van der Waals surface area contributed by atoms with E-state index in [1.165, 1.54) is 16.3 Å². The summed E-state index contributed by atoms with van der Waals surface area (Å²) in [5.41, 5.74) is 3.23.